The molecule has 1 N–H and O–H groups in total. The van der Waals surface area contributed by atoms with Crippen LogP contribution in [0.3, 0.4) is 0 Å². The van der Waals surface area contributed by atoms with E-state index in [-0.39, 0.29) is 16.7 Å². The smallest absolute Gasteiger partial charge is 0.337 e. The van der Waals surface area contributed by atoms with Crippen molar-refractivity contribution in [2.45, 2.75) is 38.5 Å². The minimum absolute atomic E-state index is 0.0200. The average molecular weight is 308 g/mol. The number of hydrogen-bond acceptors (Lipinski definition) is 3. The van der Waals surface area contributed by atoms with Gasteiger partial charge in [0.25, 0.3) is 0 Å². The largest absolute Gasteiger partial charge is 0.478 e. The van der Waals surface area contributed by atoms with Crippen LogP contribution in [0, 0.1) is 0 Å². The summed E-state index contributed by atoms with van der Waals surface area (Å²) in [6, 6.07) is 5.15. The molecular weight excluding hydrogens is 288 g/mol. The minimum Gasteiger partial charge on any atom is -0.478 e. The number of hydrogen-bond donors (Lipinski definition) is 1. The SMILES string of the molecule is CC(C)c1nc2c(C(=O)O)cccc2n1CC(C)S(C)=O. The molecule has 0 aliphatic heterocycles. The fourth-order valence-corrected chi connectivity index (χ4v) is 2.69. The van der Waals surface area contributed by atoms with Crippen LogP contribution in [0.5, 0.6) is 0 Å². The number of aromatic nitrogens is 2. The molecular formula is C15H20N2O3S. The van der Waals surface area contributed by atoms with E-state index in [1.807, 2.05) is 31.4 Å². The molecule has 2 aromatic rings. The molecule has 0 saturated carbocycles. The summed E-state index contributed by atoms with van der Waals surface area (Å²) < 4.78 is 13.6. The molecule has 114 valence electrons. The van der Waals surface area contributed by atoms with Crippen molar-refractivity contribution in [3.8, 4) is 0 Å². The molecule has 2 rings (SSSR count). The van der Waals surface area contributed by atoms with Gasteiger partial charge in [-0.15, -0.1) is 0 Å². The van der Waals surface area contributed by atoms with Crippen LogP contribution in [0.2, 0.25) is 0 Å². The summed E-state index contributed by atoms with van der Waals surface area (Å²) in [6.45, 7) is 6.53. The van der Waals surface area contributed by atoms with E-state index in [0.29, 0.717) is 12.1 Å². The number of nitrogens with zero attached hydrogens (tertiary/aromatic N) is 2. The van der Waals surface area contributed by atoms with Crippen molar-refractivity contribution in [3.63, 3.8) is 0 Å². The number of fused-ring (bicyclic) bond motifs is 1. The molecule has 0 bridgehead atoms. The van der Waals surface area contributed by atoms with Crippen LogP contribution in [0.15, 0.2) is 18.2 Å². The Bertz CT molecular complexity index is 706. The maximum Gasteiger partial charge on any atom is 0.337 e. The standard InChI is InChI=1S/C15H20N2O3S/c1-9(2)14-16-13-11(15(18)19)6-5-7-12(13)17(14)8-10(3)21(4)20/h5-7,9-10H,8H2,1-4H3,(H,18,19). The van der Waals surface area contributed by atoms with E-state index in [1.165, 1.54) is 0 Å². The third-order valence-corrected chi connectivity index (χ3v) is 4.84. The second-order valence-corrected chi connectivity index (χ2v) is 7.32. The predicted molar refractivity (Wildman–Crippen MR) is 84.3 cm³/mol. The lowest BCUT2D eigenvalue weighted by molar-refractivity contribution is 0.0699. The fourth-order valence-electron chi connectivity index (χ4n) is 2.33. The molecule has 0 spiro atoms. The molecule has 1 aromatic heterocycles. The molecule has 0 fully saturated rings. The van der Waals surface area contributed by atoms with Crippen molar-refractivity contribution >= 4 is 27.8 Å². The molecule has 5 nitrogen and oxygen atoms in total. The Morgan fingerprint density at radius 3 is 2.57 bits per heavy atom. The van der Waals surface area contributed by atoms with E-state index in [4.69, 9.17) is 0 Å². The molecule has 1 aromatic carbocycles. The van der Waals surface area contributed by atoms with E-state index in [9.17, 15) is 14.1 Å². The molecule has 1 heterocycles. The summed E-state index contributed by atoms with van der Waals surface area (Å²) >= 11 is 0. The van der Waals surface area contributed by atoms with Gasteiger partial charge in [0, 0.05) is 34.8 Å². The summed E-state index contributed by atoms with van der Waals surface area (Å²) in [6.07, 6.45) is 1.68. The summed E-state index contributed by atoms with van der Waals surface area (Å²) in [5.74, 6) is 0.0141. The summed E-state index contributed by atoms with van der Waals surface area (Å²) in [7, 11) is -0.938. The molecule has 2 atom stereocenters. The van der Waals surface area contributed by atoms with Gasteiger partial charge >= 0.3 is 5.97 Å². The van der Waals surface area contributed by atoms with Crippen molar-refractivity contribution in [3.05, 3.63) is 29.6 Å². The number of benzene rings is 1. The van der Waals surface area contributed by atoms with Gasteiger partial charge < -0.3 is 9.67 Å². The minimum atomic E-state index is -0.979. The Morgan fingerprint density at radius 2 is 2.05 bits per heavy atom. The van der Waals surface area contributed by atoms with Crippen molar-refractivity contribution in [2.75, 3.05) is 6.26 Å². The van der Waals surface area contributed by atoms with E-state index >= 15 is 0 Å². The zero-order valence-corrected chi connectivity index (χ0v) is 13.5. The first-order chi connectivity index (χ1) is 9.82. The molecule has 21 heavy (non-hydrogen) atoms. The Morgan fingerprint density at radius 1 is 1.38 bits per heavy atom. The van der Waals surface area contributed by atoms with Crippen LogP contribution in [-0.4, -0.2) is 36.3 Å². The molecule has 6 heteroatoms. The summed E-state index contributed by atoms with van der Waals surface area (Å²) in [5, 5.41) is 9.27. The molecule has 0 aliphatic rings. The number of aromatic carboxylic acids is 1. The molecule has 0 amide bonds. The van der Waals surface area contributed by atoms with E-state index < -0.39 is 16.8 Å². The second-order valence-electron chi connectivity index (χ2n) is 5.52. The van der Waals surface area contributed by atoms with Gasteiger partial charge in [0.1, 0.15) is 11.3 Å². The fraction of sp³-hybridized carbons (Fsp3) is 0.467. The summed E-state index contributed by atoms with van der Waals surface area (Å²) in [5.41, 5.74) is 1.50. The van der Waals surface area contributed by atoms with E-state index in [1.54, 1.807) is 18.4 Å². The lowest BCUT2D eigenvalue weighted by atomic mass is 10.2. The Hall–Kier alpha value is -1.69. The highest BCUT2D eigenvalue weighted by Crippen LogP contribution is 2.25. The van der Waals surface area contributed by atoms with Gasteiger partial charge in [-0.05, 0) is 19.1 Å². The topological polar surface area (TPSA) is 72.2 Å². The van der Waals surface area contributed by atoms with Gasteiger partial charge in [0.05, 0.1) is 11.1 Å². The van der Waals surface area contributed by atoms with Gasteiger partial charge in [-0.1, -0.05) is 19.9 Å². The number of rotatable bonds is 5. The number of carboxylic acids is 1. The number of imidazole rings is 1. The second kappa shape index (κ2) is 5.97. The van der Waals surface area contributed by atoms with Gasteiger partial charge in [0.15, 0.2) is 0 Å². The lowest BCUT2D eigenvalue weighted by Gasteiger charge is -2.15. The molecule has 0 saturated heterocycles. The first-order valence-electron chi connectivity index (χ1n) is 6.87. The van der Waals surface area contributed by atoms with Crippen molar-refractivity contribution in [1.82, 2.24) is 9.55 Å². The number of carbonyl (C=O) groups is 1. The highest BCUT2D eigenvalue weighted by molar-refractivity contribution is 7.84. The van der Waals surface area contributed by atoms with Crippen LogP contribution in [0.4, 0.5) is 0 Å². The van der Waals surface area contributed by atoms with Crippen LogP contribution in [0.25, 0.3) is 11.0 Å². The molecule has 0 aliphatic carbocycles. The monoisotopic (exact) mass is 308 g/mol. The van der Waals surface area contributed by atoms with Crippen LogP contribution in [-0.2, 0) is 17.3 Å². The van der Waals surface area contributed by atoms with E-state index in [2.05, 4.69) is 4.98 Å². The normalized spacial score (nSPS) is 14.5. The first-order valence-corrected chi connectivity index (χ1v) is 8.49. The Labute approximate surface area is 126 Å². The number of carboxylic acid groups (broad SMARTS) is 1. The van der Waals surface area contributed by atoms with Crippen molar-refractivity contribution < 1.29 is 14.1 Å². The maximum absolute atomic E-state index is 11.6. The van der Waals surface area contributed by atoms with Crippen molar-refractivity contribution in [2.24, 2.45) is 0 Å². The van der Waals surface area contributed by atoms with Crippen molar-refractivity contribution in [1.29, 1.82) is 0 Å². The predicted octanol–water partition coefficient (Wildman–Crippen LogP) is 2.62. The Balaban J connectivity index is 2.66. The third-order valence-electron chi connectivity index (χ3n) is 3.56. The zero-order chi connectivity index (χ0) is 15.7. The third kappa shape index (κ3) is 3.00. The van der Waals surface area contributed by atoms with Crippen LogP contribution < -0.4 is 0 Å². The zero-order valence-electron chi connectivity index (χ0n) is 12.7. The van der Waals surface area contributed by atoms with Gasteiger partial charge in [0.2, 0.25) is 0 Å². The average Bonchev–Trinajstić information content (AvgIpc) is 2.77. The highest BCUT2D eigenvalue weighted by atomic mass is 32.2. The quantitative estimate of drug-likeness (QED) is 0.921. The van der Waals surface area contributed by atoms with Gasteiger partial charge in [-0.25, -0.2) is 9.78 Å². The molecule has 2 unspecified atom stereocenters. The van der Waals surface area contributed by atoms with Gasteiger partial charge in [-0.2, -0.15) is 0 Å². The van der Waals surface area contributed by atoms with E-state index in [0.717, 1.165) is 11.3 Å². The highest BCUT2D eigenvalue weighted by Gasteiger charge is 2.20. The number of para-hydroxylation sites is 1. The summed E-state index contributed by atoms with van der Waals surface area (Å²) in [4.78, 5) is 15.9. The maximum atomic E-state index is 11.6. The van der Waals surface area contributed by atoms with Gasteiger partial charge in [-0.3, -0.25) is 4.21 Å². The van der Waals surface area contributed by atoms with Crippen LogP contribution >= 0.6 is 0 Å². The lowest BCUT2D eigenvalue weighted by Crippen LogP contribution is -2.19. The molecule has 0 radical (unpaired) electrons. The Kier molecular flexibility index (Phi) is 4.46. The van der Waals surface area contributed by atoms with Crippen LogP contribution in [0.1, 0.15) is 42.9 Å². The first kappa shape index (κ1) is 15.7.